The number of hydrogen-bond donors (Lipinski definition) is 1. The molecule has 0 bridgehead atoms. The molecule has 1 N–H and O–H groups in total. The summed E-state index contributed by atoms with van der Waals surface area (Å²) in [5.41, 5.74) is 2.73. The molecule has 2 atom stereocenters. The van der Waals surface area contributed by atoms with E-state index in [0.29, 0.717) is 12.0 Å². The zero-order valence-corrected chi connectivity index (χ0v) is 13.8. The molecule has 0 saturated carbocycles. The van der Waals surface area contributed by atoms with Crippen molar-refractivity contribution >= 4 is 0 Å². The predicted molar refractivity (Wildman–Crippen MR) is 87.3 cm³/mol. The zero-order valence-electron chi connectivity index (χ0n) is 13.8. The average molecular weight is 277 g/mol. The molecule has 1 aromatic rings. The van der Waals surface area contributed by atoms with Crippen molar-refractivity contribution in [3.8, 4) is 0 Å². The highest BCUT2D eigenvalue weighted by atomic mass is 16.5. The van der Waals surface area contributed by atoms with Gasteiger partial charge in [0.15, 0.2) is 0 Å². The lowest BCUT2D eigenvalue weighted by atomic mass is 9.94. The third-order valence-corrected chi connectivity index (χ3v) is 3.82. The second-order valence-corrected chi connectivity index (χ2v) is 5.82. The van der Waals surface area contributed by atoms with E-state index in [1.165, 1.54) is 11.1 Å². The van der Waals surface area contributed by atoms with Crippen molar-refractivity contribution in [1.82, 2.24) is 5.32 Å². The van der Waals surface area contributed by atoms with Crippen LogP contribution in [-0.2, 0) is 4.74 Å². The second-order valence-electron chi connectivity index (χ2n) is 5.82. The van der Waals surface area contributed by atoms with Crippen LogP contribution < -0.4 is 5.32 Å². The van der Waals surface area contributed by atoms with Gasteiger partial charge in [-0.3, -0.25) is 0 Å². The van der Waals surface area contributed by atoms with Crippen molar-refractivity contribution in [3.63, 3.8) is 0 Å². The van der Waals surface area contributed by atoms with Gasteiger partial charge in [-0.1, -0.05) is 58.4 Å². The van der Waals surface area contributed by atoms with Crippen LogP contribution >= 0.6 is 0 Å². The molecule has 2 nitrogen and oxygen atoms in total. The topological polar surface area (TPSA) is 21.3 Å². The first-order valence-electron chi connectivity index (χ1n) is 8.00. The van der Waals surface area contributed by atoms with Crippen LogP contribution in [0.4, 0.5) is 0 Å². The quantitative estimate of drug-likeness (QED) is 0.708. The van der Waals surface area contributed by atoms with E-state index in [-0.39, 0.29) is 6.10 Å². The van der Waals surface area contributed by atoms with Crippen LogP contribution in [0.15, 0.2) is 24.3 Å². The molecule has 0 amide bonds. The predicted octanol–water partition coefficient (Wildman–Crippen LogP) is 4.67. The Morgan fingerprint density at radius 1 is 1.00 bits per heavy atom. The molecular weight excluding hydrogens is 246 g/mol. The van der Waals surface area contributed by atoms with Crippen LogP contribution in [0, 0.1) is 0 Å². The van der Waals surface area contributed by atoms with E-state index in [0.717, 1.165) is 25.8 Å². The van der Waals surface area contributed by atoms with E-state index in [1.54, 1.807) is 0 Å². The third-order valence-electron chi connectivity index (χ3n) is 3.82. The molecule has 1 aromatic carbocycles. The Labute approximate surface area is 124 Å². The van der Waals surface area contributed by atoms with Gasteiger partial charge in [0.05, 0.1) is 12.1 Å². The maximum atomic E-state index is 5.72. The van der Waals surface area contributed by atoms with Crippen LogP contribution in [-0.4, -0.2) is 19.8 Å². The Balaban J connectivity index is 2.90. The Morgan fingerprint density at radius 2 is 1.60 bits per heavy atom. The molecule has 2 heteroatoms. The normalized spacial score (nSPS) is 14.5. The molecule has 2 unspecified atom stereocenters. The van der Waals surface area contributed by atoms with Gasteiger partial charge in [0, 0.05) is 7.11 Å². The lowest BCUT2D eigenvalue weighted by Crippen LogP contribution is -2.33. The van der Waals surface area contributed by atoms with Crippen LogP contribution in [0.1, 0.15) is 70.0 Å². The Kier molecular flexibility index (Phi) is 7.86. The Morgan fingerprint density at radius 3 is 2.05 bits per heavy atom. The lowest BCUT2D eigenvalue weighted by molar-refractivity contribution is 0.0606. The second kappa shape index (κ2) is 9.15. The van der Waals surface area contributed by atoms with Crippen LogP contribution in [0.25, 0.3) is 0 Å². The van der Waals surface area contributed by atoms with Crippen LogP contribution in [0.3, 0.4) is 0 Å². The van der Waals surface area contributed by atoms with Gasteiger partial charge < -0.3 is 10.1 Å². The van der Waals surface area contributed by atoms with E-state index >= 15 is 0 Å². The summed E-state index contributed by atoms with van der Waals surface area (Å²) in [6.45, 7) is 9.91. The molecule has 0 aliphatic heterocycles. The standard InChI is InChI=1S/C18H31NO/c1-6-8-17(20-5)18(19-13-7-2)16-11-9-15(10-12-16)14(3)4/h9-12,14,17-19H,6-8,13H2,1-5H3. The van der Waals surface area contributed by atoms with E-state index < -0.39 is 0 Å². The van der Waals surface area contributed by atoms with Gasteiger partial charge in [-0.15, -0.1) is 0 Å². The smallest absolute Gasteiger partial charge is 0.0765 e. The molecule has 0 aliphatic carbocycles. The minimum absolute atomic E-state index is 0.247. The fraction of sp³-hybridized carbons (Fsp3) is 0.667. The molecule has 114 valence electrons. The SMILES string of the molecule is CCCNC(c1ccc(C(C)C)cc1)C(CCC)OC. The zero-order chi connectivity index (χ0) is 15.0. The van der Waals surface area contributed by atoms with Crippen molar-refractivity contribution in [2.24, 2.45) is 0 Å². The Hall–Kier alpha value is -0.860. The van der Waals surface area contributed by atoms with Gasteiger partial charge in [0.25, 0.3) is 0 Å². The van der Waals surface area contributed by atoms with Crippen molar-refractivity contribution in [1.29, 1.82) is 0 Å². The molecule has 1 rings (SSSR count). The lowest BCUT2D eigenvalue weighted by Gasteiger charge is -2.27. The summed E-state index contributed by atoms with van der Waals surface area (Å²) in [5, 5.41) is 3.65. The first kappa shape index (κ1) is 17.2. The highest BCUT2D eigenvalue weighted by Gasteiger charge is 2.21. The first-order valence-corrected chi connectivity index (χ1v) is 8.00. The van der Waals surface area contributed by atoms with Crippen molar-refractivity contribution in [3.05, 3.63) is 35.4 Å². The summed E-state index contributed by atoms with van der Waals surface area (Å²) in [4.78, 5) is 0. The summed E-state index contributed by atoms with van der Waals surface area (Å²) in [6.07, 6.45) is 3.62. The van der Waals surface area contributed by atoms with E-state index in [2.05, 4.69) is 57.3 Å². The van der Waals surface area contributed by atoms with Gasteiger partial charge in [-0.2, -0.15) is 0 Å². The number of rotatable bonds is 9. The fourth-order valence-electron chi connectivity index (χ4n) is 2.56. The van der Waals surface area contributed by atoms with E-state index in [9.17, 15) is 0 Å². The summed E-state index contributed by atoms with van der Waals surface area (Å²) >= 11 is 0. The van der Waals surface area contributed by atoms with Crippen LogP contribution in [0.2, 0.25) is 0 Å². The highest BCUT2D eigenvalue weighted by molar-refractivity contribution is 5.27. The maximum absolute atomic E-state index is 5.72. The average Bonchev–Trinajstić information content (AvgIpc) is 2.46. The summed E-state index contributed by atoms with van der Waals surface area (Å²) in [6, 6.07) is 9.30. The van der Waals surface area contributed by atoms with E-state index in [4.69, 9.17) is 4.74 Å². The molecule has 0 aromatic heterocycles. The minimum Gasteiger partial charge on any atom is -0.379 e. The third kappa shape index (κ3) is 4.92. The number of nitrogens with one attached hydrogen (secondary N) is 1. The summed E-state index contributed by atoms with van der Waals surface area (Å²) < 4.78 is 5.72. The van der Waals surface area contributed by atoms with Crippen molar-refractivity contribution < 1.29 is 4.74 Å². The van der Waals surface area contributed by atoms with Gasteiger partial charge in [0.2, 0.25) is 0 Å². The molecule has 0 fully saturated rings. The molecule has 20 heavy (non-hydrogen) atoms. The maximum Gasteiger partial charge on any atom is 0.0765 e. The largest absolute Gasteiger partial charge is 0.379 e. The van der Waals surface area contributed by atoms with Gasteiger partial charge >= 0.3 is 0 Å². The minimum atomic E-state index is 0.247. The van der Waals surface area contributed by atoms with Gasteiger partial charge in [-0.05, 0) is 36.4 Å². The van der Waals surface area contributed by atoms with Gasteiger partial charge in [0.1, 0.15) is 0 Å². The molecule has 0 heterocycles. The number of methoxy groups -OCH3 is 1. The van der Waals surface area contributed by atoms with Crippen molar-refractivity contribution in [2.45, 2.75) is 65.0 Å². The molecule has 0 aliphatic rings. The number of hydrogen-bond acceptors (Lipinski definition) is 2. The summed E-state index contributed by atoms with van der Waals surface area (Å²) in [7, 11) is 1.82. The number of benzene rings is 1. The van der Waals surface area contributed by atoms with E-state index in [1.807, 2.05) is 7.11 Å². The molecule has 0 radical (unpaired) electrons. The monoisotopic (exact) mass is 277 g/mol. The van der Waals surface area contributed by atoms with Crippen LogP contribution in [0.5, 0.6) is 0 Å². The number of ether oxygens (including phenoxy) is 1. The fourth-order valence-corrected chi connectivity index (χ4v) is 2.56. The molecule has 0 saturated heterocycles. The summed E-state index contributed by atoms with van der Waals surface area (Å²) in [5.74, 6) is 0.583. The highest BCUT2D eigenvalue weighted by Crippen LogP contribution is 2.24. The van der Waals surface area contributed by atoms with Gasteiger partial charge in [-0.25, -0.2) is 0 Å². The first-order chi connectivity index (χ1) is 9.63. The van der Waals surface area contributed by atoms with Crippen molar-refractivity contribution in [2.75, 3.05) is 13.7 Å². The Bertz CT molecular complexity index is 358. The molecular formula is C18H31NO. The molecule has 0 spiro atoms.